The van der Waals surface area contributed by atoms with Crippen molar-refractivity contribution in [3.05, 3.63) is 77.0 Å². The molecule has 1 aromatic heterocycles. The molecule has 1 heterocycles. The van der Waals surface area contributed by atoms with Gasteiger partial charge in [0, 0.05) is 12.3 Å². The highest BCUT2D eigenvalue weighted by molar-refractivity contribution is 7.90. The number of halogens is 2. The lowest BCUT2D eigenvalue weighted by Crippen LogP contribution is -2.32. The molecule has 6 nitrogen and oxygen atoms in total. The van der Waals surface area contributed by atoms with Crippen molar-refractivity contribution in [3.63, 3.8) is 0 Å². The fraction of sp³-hybridized carbons (Fsp3) is 0.250. The summed E-state index contributed by atoms with van der Waals surface area (Å²) < 4.78 is 60.7. The average molecular weight is 475 g/mol. The first-order chi connectivity index (χ1) is 15.5. The van der Waals surface area contributed by atoms with E-state index in [1.807, 2.05) is 18.6 Å². The molecule has 3 aromatic rings. The van der Waals surface area contributed by atoms with Gasteiger partial charge in [-0.3, -0.25) is 4.79 Å². The molecule has 0 radical (unpaired) electrons. The van der Waals surface area contributed by atoms with Crippen LogP contribution in [0, 0.1) is 18.6 Å². The number of nitrogens with one attached hydrogen (secondary N) is 1. The van der Waals surface area contributed by atoms with E-state index in [-0.39, 0.29) is 22.8 Å². The molecule has 9 heteroatoms. The number of aromatic nitrogens is 1. The van der Waals surface area contributed by atoms with Gasteiger partial charge in [-0.05, 0) is 71.0 Å². The minimum absolute atomic E-state index is 0.145. The van der Waals surface area contributed by atoms with E-state index in [0.29, 0.717) is 28.1 Å². The van der Waals surface area contributed by atoms with Gasteiger partial charge in [-0.25, -0.2) is 26.9 Å². The maximum Gasteiger partial charge on any atom is 0.264 e. The lowest BCUT2D eigenvalue weighted by atomic mass is 9.88. The van der Waals surface area contributed by atoms with Gasteiger partial charge in [-0.15, -0.1) is 0 Å². The molecule has 1 N–H and O–H groups in total. The van der Waals surface area contributed by atoms with Crippen LogP contribution >= 0.6 is 0 Å². The number of nitrogens with zero attached hydrogens (tertiary/aromatic N) is 1. The van der Waals surface area contributed by atoms with Crippen LogP contribution in [0.15, 0.2) is 53.6 Å². The van der Waals surface area contributed by atoms with Crippen molar-refractivity contribution in [2.75, 3.05) is 7.11 Å². The van der Waals surface area contributed by atoms with Crippen LogP contribution in [0.2, 0.25) is 0 Å². The number of hydrogen-bond acceptors (Lipinski definition) is 5. The second kappa shape index (κ2) is 9.66. The van der Waals surface area contributed by atoms with Gasteiger partial charge in [-0.2, -0.15) is 0 Å². The third-order valence-electron chi connectivity index (χ3n) is 5.17. The topological polar surface area (TPSA) is 85.4 Å². The van der Waals surface area contributed by atoms with Crippen LogP contribution in [0.25, 0.3) is 11.1 Å². The van der Waals surface area contributed by atoms with Gasteiger partial charge in [0.25, 0.3) is 10.0 Å². The Balaban J connectivity index is 2.01. The maximum absolute atomic E-state index is 14.5. The molecule has 0 aliphatic heterocycles. The van der Waals surface area contributed by atoms with Crippen LogP contribution < -0.4 is 9.46 Å². The summed E-state index contributed by atoms with van der Waals surface area (Å²) in [6, 6.07) is 9.27. The molecule has 0 saturated carbocycles. The summed E-state index contributed by atoms with van der Waals surface area (Å²) in [6.45, 7) is 5.19. The van der Waals surface area contributed by atoms with Crippen molar-refractivity contribution in [2.45, 2.75) is 38.0 Å². The van der Waals surface area contributed by atoms with E-state index in [9.17, 15) is 22.0 Å². The van der Waals surface area contributed by atoms with E-state index in [1.54, 1.807) is 12.1 Å². The molecular weight excluding hydrogens is 450 g/mol. The van der Waals surface area contributed by atoms with E-state index in [1.165, 1.54) is 44.5 Å². The predicted molar refractivity (Wildman–Crippen MR) is 120 cm³/mol. The first kappa shape index (κ1) is 24.3. The van der Waals surface area contributed by atoms with Crippen molar-refractivity contribution < 1.29 is 26.7 Å². The third kappa shape index (κ3) is 5.54. The highest BCUT2D eigenvalue weighted by Gasteiger charge is 2.23. The van der Waals surface area contributed by atoms with Crippen molar-refractivity contribution in [2.24, 2.45) is 0 Å². The molecular formula is C24H24F2N2O4S. The summed E-state index contributed by atoms with van der Waals surface area (Å²) in [5.74, 6) is -1.85. The summed E-state index contributed by atoms with van der Waals surface area (Å²) in [4.78, 5) is 16.5. The molecule has 0 aliphatic carbocycles. The Labute approximate surface area is 191 Å². The smallest absolute Gasteiger partial charge is 0.264 e. The quantitative estimate of drug-likeness (QED) is 0.544. The zero-order valence-corrected chi connectivity index (χ0v) is 19.5. The van der Waals surface area contributed by atoms with Gasteiger partial charge in [0.2, 0.25) is 11.8 Å². The molecule has 0 unspecified atom stereocenters. The van der Waals surface area contributed by atoms with Crippen LogP contribution in [-0.4, -0.2) is 26.4 Å². The second-order valence-corrected chi connectivity index (χ2v) is 9.56. The van der Waals surface area contributed by atoms with Gasteiger partial charge in [0.1, 0.15) is 11.6 Å². The lowest BCUT2D eigenvalue weighted by Gasteiger charge is -2.18. The molecule has 0 bridgehead atoms. The molecule has 0 spiro atoms. The van der Waals surface area contributed by atoms with E-state index in [4.69, 9.17) is 4.74 Å². The monoisotopic (exact) mass is 474 g/mol. The number of aryl methyl sites for hydroxylation is 1. The van der Waals surface area contributed by atoms with E-state index >= 15 is 0 Å². The summed E-state index contributed by atoms with van der Waals surface area (Å²) >= 11 is 0. The van der Waals surface area contributed by atoms with Crippen molar-refractivity contribution >= 4 is 15.9 Å². The molecule has 174 valence electrons. The summed E-state index contributed by atoms with van der Waals surface area (Å²) in [5, 5.41) is 0. The standard InChI is InChI=1S/C24H24F2N2O4S/c1-14(2)19-10-17(25)11-20(16-7-8-27-24(9-16)32-4)21(19)13-23(29)28-33(30,31)18-6-5-15(3)22(26)12-18/h5-12,14H,13H2,1-4H3,(H,28,29). The number of pyridine rings is 1. The number of sulfonamides is 1. The minimum atomic E-state index is -4.29. The third-order valence-corrected chi connectivity index (χ3v) is 6.54. The van der Waals surface area contributed by atoms with Crippen molar-refractivity contribution in [1.29, 1.82) is 0 Å². The number of methoxy groups -OCH3 is 1. The Morgan fingerprint density at radius 3 is 2.48 bits per heavy atom. The van der Waals surface area contributed by atoms with Crippen LogP contribution in [0.5, 0.6) is 5.88 Å². The molecule has 0 fully saturated rings. The second-order valence-electron chi connectivity index (χ2n) is 7.88. The maximum atomic E-state index is 14.5. The Bertz CT molecular complexity index is 1310. The summed E-state index contributed by atoms with van der Waals surface area (Å²) in [7, 11) is -2.84. The normalized spacial score (nSPS) is 11.5. The number of rotatable bonds is 7. The molecule has 0 aliphatic rings. The van der Waals surface area contributed by atoms with Gasteiger partial charge in [0.15, 0.2) is 0 Å². The summed E-state index contributed by atoms with van der Waals surface area (Å²) in [5.41, 5.74) is 2.31. The Morgan fingerprint density at radius 1 is 1.12 bits per heavy atom. The number of carbonyl (C=O) groups excluding carboxylic acids is 1. The Kier molecular flexibility index (Phi) is 7.12. The highest BCUT2D eigenvalue weighted by atomic mass is 32.2. The van der Waals surface area contributed by atoms with Crippen molar-refractivity contribution in [1.82, 2.24) is 9.71 Å². The Hall–Kier alpha value is -3.33. The lowest BCUT2D eigenvalue weighted by molar-refractivity contribution is -0.118. The molecule has 33 heavy (non-hydrogen) atoms. The SMILES string of the molecule is COc1cc(-c2cc(F)cc(C(C)C)c2CC(=O)NS(=O)(=O)c2ccc(C)c(F)c2)ccn1. The Morgan fingerprint density at radius 2 is 1.85 bits per heavy atom. The van der Waals surface area contributed by atoms with E-state index < -0.39 is 27.6 Å². The predicted octanol–water partition coefficient (Wildman–Crippen LogP) is 4.51. The van der Waals surface area contributed by atoms with E-state index in [2.05, 4.69) is 4.98 Å². The molecule has 3 rings (SSSR count). The number of amides is 1. The molecule has 1 amide bonds. The van der Waals surface area contributed by atoms with E-state index in [0.717, 1.165) is 6.07 Å². The number of carbonyl (C=O) groups is 1. The molecule has 2 aromatic carbocycles. The van der Waals surface area contributed by atoms with Crippen LogP contribution in [-0.2, 0) is 21.2 Å². The van der Waals surface area contributed by atoms with Gasteiger partial charge < -0.3 is 4.74 Å². The van der Waals surface area contributed by atoms with Crippen molar-refractivity contribution in [3.8, 4) is 17.0 Å². The van der Waals surface area contributed by atoms with Crippen LogP contribution in [0.1, 0.15) is 36.5 Å². The zero-order valence-electron chi connectivity index (χ0n) is 18.6. The molecule has 0 atom stereocenters. The van der Waals surface area contributed by atoms with Gasteiger partial charge >= 0.3 is 0 Å². The summed E-state index contributed by atoms with van der Waals surface area (Å²) in [6.07, 6.45) is 1.16. The number of benzene rings is 2. The first-order valence-electron chi connectivity index (χ1n) is 10.2. The average Bonchev–Trinajstić information content (AvgIpc) is 2.75. The fourth-order valence-electron chi connectivity index (χ4n) is 3.46. The van der Waals surface area contributed by atoms with Crippen LogP contribution in [0.4, 0.5) is 8.78 Å². The van der Waals surface area contributed by atoms with Crippen LogP contribution in [0.3, 0.4) is 0 Å². The first-order valence-corrected chi connectivity index (χ1v) is 11.6. The fourth-order valence-corrected chi connectivity index (χ4v) is 4.46. The van der Waals surface area contributed by atoms with Gasteiger partial charge in [0.05, 0.1) is 18.4 Å². The number of ether oxygens (including phenoxy) is 1. The largest absolute Gasteiger partial charge is 0.481 e. The van der Waals surface area contributed by atoms with Gasteiger partial charge in [-0.1, -0.05) is 19.9 Å². The highest BCUT2D eigenvalue weighted by Crippen LogP contribution is 2.33. The zero-order chi connectivity index (χ0) is 24.3. The molecule has 0 saturated heterocycles. The minimum Gasteiger partial charge on any atom is -0.481 e. The number of hydrogen-bond donors (Lipinski definition) is 1.